The van der Waals surface area contributed by atoms with Gasteiger partial charge in [0.25, 0.3) is 0 Å². The molecule has 1 saturated heterocycles. The third-order valence-electron chi connectivity index (χ3n) is 5.76. The molecule has 16 heteroatoms. The number of aliphatic hydroxyl groups excluding tert-OH is 1. The van der Waals surface area contributed by atoms with E-state index >= 15 is 0 Å². The van der Waals surface area contributed by atoms with E-state index in [4.69, 9.17) is 11.5 Å². The number of carboxylic acid groups (broad SMARTS) is 1. The zero-order chi connectivity index (χ0) is 29.7. The van der Waals surface area contributed by atoms with Crippen molar-refractivity contribution < 1.29 is 39.0 Å². The van der Waals surface area contributed by atoms with Crippen molar-refractivity contribution >= 4 is 41.5 Å². The summed E-state index contributed by atoms with van der Waals surface area (Å²) in [5, 5.41) is 30.9. The summed E-state index contributed by atoms with van der Waals surface area (Å²) in [6.07, 6.45) is -0.589. The van der Waals surface area contributed by atoms with E-state index in [1.54, 1.807) is 30.3 Å². The summed E-state index contributed by atoms with van der Waals surface area (Å²) in [6.45, 7) is -1.35. The van der Waals surface area contributed by atoms with Gasteiger partial charge in [0.1, 0.15) is 24.2 Å². The number of carbonyl (C=O) groups is 6. The van der Waals surface area contributed by atoms with Crippen LogP contribution in [-0.4, -0.2) is 95.5 Å². The van der Waals surface area contributed by atoms with Gasteiger partial charge in [0.15, 0.2) is 5.96 Å². The van der Waals surface area contributed by atoms with Crippen molar-refractivity contribution in [1.82, 2.24) is 26.6 Å². The first-order valence-corrected chi connectivity index (χ1v) is 12.4. The molecule has 1 aliphatic rings. The summed E-state index contributed by atoms with van der Waals surface area (Å²) in [5.41, 5.74) is 11.2. The van der Waals surface area contributed by atoms with Crippen LogP contribution in [0.3, 0.4) is 0 Å². The number of rotatable bonds is 9. The Morgan fingerprint density at radius 1 is 0.850 bits per heavy atom. The van der Waals surface area contributed by atoms with Crippen LogP contribution in [0, 0.1) is 0 Å². The zero-order valence-electron chi connectivity index (χ0n) is 21.6. The van der Waals surface area contributed by atoms with Gasteiger partial charge in [0.2, 0.25) is 29.5 Å². The second-order valence-electron chi connectivity index (χ2n) is 8.94. The molecule has 0 aliphatic carbocycles. The number of amides is 5. The average molecular weight is 563 g/mol. The smallest absolute Gasteiger partial charge is 0.305 e. The lowest BCUT2D eigenvalue weighted by Gasteiger charge is -2.25. The highest BCUT2D eigenvalue weighted by molar-refractivity contribution is 5.98. The zero-order valence-corrected chi connectivity index (χ0v) is 21.6. The Bertz CT molecular complexity index is 1110. The molecule has 0 bridgehead atoms. The maximum atomic E-state index is 13.2. The van der Waals surface area contributed by atoms with Gasteiger partial charge in [-0.2, -0.15) is 0 Å². The highest BCUT2D eigenvalue weighted by atomic mass is 16.4. The molecule has 40 heavy (non-hydrogen) atoms. The van der Waals surface area contributed by atoms with Crippen molar-refractivity contribution in [3.05, 3.63) is 35.9 Å². The SMILES string of the molecule is NC(N)=NCCC[C@@H]1NC(=O)[C@H](CO)NC(=O)[C@@H](Cc2ccccc2)NC(=O)[C@H](CC(=O)O)NC(=O)CNC1=O. The molecule has 2 rings (SSSR count). The number of carbonyl (C=O) groups excluding carboxylic acids is 5. The highest BCUT2D eigenvalue weighted by Crippen LogP contribution is 2.06. The summed E-state index contributed by atoms with van der Waals surface area (Å²) in [6, 6.07) is 2.92. The molecule has 0 spiro atoms. The number of hydrogen-bond donors (Lipinski definition) is 9. The van der Waals surface area contributed by atoms with Crippen LogP contribution in [0.15, 0.2) is 35.3 Å². The highest BCUT2D eigenvalue weighted by Gasteiger charge is 2.32. The van der Waals surface area contributed by atoms with Crippen molar-refractivity contribution in [3.63, 3.8) is 0 Å². The van der Waals surface area contributed by atoms with Crippen molar-refractivity contribution in [2.45, 2.75) is 49.9 Å². The minimum absolute atomic E-state index is 0.0282. The molecule has 0 radical (unpaired) electrons. The predicted octanol–water partition coefficient (Wildman–Crippen LogP) is -4.18. The lowest BCUT2D eigenvalue weighted by molar-refractivity contribution is -0.141. The Labute approximate surface area is 229 Å². The molecule has 1 heterocycles. The molecule has 0 unspecified atom stereocenters. The van der Waals surface area contributed by atoms with Crippen LogP contribution >= 0.6 is 0 Å². The summed E-state index contributed by atoms with van der Waals surface area (Å²) >= 11 is 0. The van der Waals surface area contributed by atoms with Crippen LogP contribution in [0.25, 0.3) is 0 Å². The summed E-state index contributed by atoms with van der Waals surface area (Å²) in [4.78, 5) is 79.6. The molecule has 1 aromatic carbocycles. The number of guanidine groups is 1. The van der Waals surface area contributed by atoms with Gasteiger partial charge in [0, 0.05) is 13.0 Å². The Kier molecular flexibility index (Phi) is 12.3. The summed E-state index contributed by atoms with van der Waals surface area (Å²) < 4.78 is 0. The molecule has 5 amide bonds. The predicted molar refractivity (Wildman–Crippen MR) is 140 cm³/mol. The van der Waals surface area contributed by atoms with Crippen LogP contribution in [0.4, 0.5) is 0 Å². The van der Waals surface area contributed by atoms with Crippen molar-refractivity contribution in [2.75, 3.05) is 19.7 Å². The van der Waals surface area contributed by atoms with Gasteiger partial charge in [-0.15, -0.1) is 0 Å². The number of hydrogen-bond acceptors (Lipinski definition) is 8. The summed E-state index contributed by atoms with van der Waals surface area (Å²) in [5.74, 6) is -5.97. The minimum atomic E-state index is -1.58. The number of nitrogens with two attached hydrogens (primary N) is 2. The van der Waals surface area contributed by atoms with Crippen LogP contribution in [0.5, 0.6) is 0 Å². The Balaban J connectivity index is 2.38. The number of aliphatic hydroxyl groups is 1. The first-order valence-electron chi connectivity index (χ1n) is 12.4. The minimum Gasteiger partial charge on any atom is -0.481 e. The normalized spacial score (nSPS) is 22.8. The van der Waals surface area contributed by atoms with E-state index in [1.165, 1.54) is 0 Å². The molecule has 0 aromatic heterocycles. The number of benzene rings is 1. The van der Waals surface area contributed by atoms with Gasteiger partial charge in [-0.25, -0.2) is 0 Å². The summed E-state index contributed by atoms with van der Waals surface area (Å²) in [7, 11) is 0. The van der Waals surface area contributed by atoms with Crippen LogP contribution in [-0.2, 0) is 35.2 Å². The number of aliphatic imine (C=N–C) groups is 1. The van der Waals surface area contributed by atoms with Crippen molar-refractivity contribution in [3.8, 4) is 0 Å². The van der Waals surface area contributed by atoms with Crippen molar-refractivity contribution in [2.24, 2.45) is 16.5 Å². The second kappa shape index (κ2) is 15.6. The third kappa shape index (κ3) is 10.6. The van der Waals surface area contributed by atoms with Crippen LogP contribution in [0.1, 0.15) is 24.8 Å². The fourth-order valence-corrected chi connectivity index (χ4v) is 3.76. The fraction of sp³-hybridized carbons (Fsp3) is 0.458. The largest absolute Gasteiger partial charge is 0.481 e. The molecule has 1 aliphatic heterocycles. The van der Waals surface area contributed by atoms with Crippen molar-refractivity contribution in [1.29, 1.82) is 0 Å². The number of nitrogens with zero attached hydrogens (tertiary/aromatic N) is 1. The van der Waals surface area contributed by atoms with E-state index in [-0.39, 0.29) is 31.8 Å². The molecular weight excluding hydrogens is 528 g/mol. The van der Waals surface area contributed by atoms with Gasteiger partial charge in [-0.1, -0.05) is 30.3 Å². The van der Waals surface area contributed by atoms with Gasteiger partial charge in [-0.3, -0.25) is 33.8 Å². The van der Waals surface area contributed by atoms with Gasteiger partial charge >= 0.3 is 5.97 Å². The van der Waals surface area contributed by atoms with E-state index < -0.39 is 79.2 Å². The molecular formula is C24H34N8O8. The van der Waals surface area contributed by atoms with Gasteiger partial charge < -0.3 is 48.3 Å². The number of nitrogens with one attached hydrogen (secondary N) is 5. The maximum Gasteiger partial charge on any atom is 0.305 e. The molecule has 1 aromatic rings. The number of carboxylic acids is 1. The maximum absolute atomic E-state index is 13.2. The van der Waals surface area contributed by atoms with E-state index in [1.807, 2.05) is 0 Å². The van der Waals surface area contributed by atoms with E-state index in [0.29, 0.717) is 5.56 Å². The van der Waals surface area contributed by atoms with E-state index in [0.717, 1.165) is 0 Å². The lowest BCUT2D eigenvalue weighted by atomic mass is 10.0. The standard InChI is InChI=1S/C24H34N8O8/c25-24(26)27-8-4-7-14-20(37)28-11-18(34)29-16(10-19(35)36)22(39)31-15(9-13-5-2-1-3-6-13)21(38)32-17(12-33)23(40)30-14/h1-3,5-6,14-17,33H,4,7-12H2,(H,28,37)(H,29,34)(H,30,40)(H,31,39)(H,32,38)(H,35,36)(H4,25,26,27)/t14-,15+,16-,17-/m0/s1. The quantitative estimate of drug-likeness (QED) is 0.0795. The van der Waals surface area contributed by atoms with Gasteiger partial charge in [-0.05, 0) is 18.4 Å². The molecule has 1 fully saturated rings. The molecule has 16 nitrogen and oxygen atoms in total. The fourth-order valence-electron chi connectivity index (χ4n) is 3.76. The second-order valence-corrected chi connectivity index (χ2v) is 8.94. The Morgan fingerprint density at radius 2 is 1.45 bits per heavy atom. The Morgan fingerprint density at radius 3 is 2.08 bits per heavy atom. The topological polar surface area (TPSA) is 267 Å². The Hall–Kier alpha value is -4.73. The monoisotopic (exact) mass is 562 g/mol. The number of aliphatic carboxylic acids is 1. The molecule has 11 N–H and O–H groups in total. The van der Waals surface area contributed by atoms with E-state index in [2.05, 4.69) is 31.6 Å². The first-order chi connectivity index (χ1) is 19.0. The third-order valence-corrected chi connectivity index (χ3v) is 5.76. The molecule has 4 atom stereocenters. The van der Waals surface area contributed by atoms with Gasteiger partial charge in [0.05, 0.1) is 19.6 Å². The lowest BCUT2D eigenvalue weighted by Crippen LogP contribution is -2.59. The average Bonchev–Trinajstić information content (AvgIpc) is 2.90. The van der Waals surface area contributed by atoms with Crippen LogP contribution in [0.2, 0.25) is 0 Å². The molecule has 218 valence electrons. The van der Waals surface area contributed by atoms with E-state index in [9.17, 15) is 39.0 Å². The van der Waals surface area contributed by atoms with Crippen LogP contribution < -0.4 is 38.1 Å². The first kappa shape index (κ1) is 31.5. The molecule has 0 saturated carbocycles.